The van der Waals surface area contributed by atoms with Gasteiger partial charge in [0.25, 0.3) is 0 Å². The van der Waals surface area contributed by atoms with Crippen molar-refractivity contribution in [2.24, 2.45) is 0 Å². The summed E-state index contributed by atoms with van der Waals surface area (Å²) >= 11 is 5.45. The highest BCUT2D eigenvalue weighted by molar-refractivity contribution is 9.10. The summed E-state index contributed by atoms with van der Waals surface area (Å²) < 4.78 is 6.22. The lowest BCUT2D eigenvalue weighted by Gasteiger charge is -2.02. The summed E-state index contributed by atoms with van der Waals surface area (Å²) in [7, 11) is 1.73. The van der Waals surface area contributed by atoms with Crippen LogP contribution in [0.5, 0.6) is 0 Å². The molecule has 0 saturated heterocycles. The third-order valence-corrected chi connectivity index (χ3v) is 4.61. The molecule has 0 atom stereocenters. The van der Waals surface area contributed by atoms with E-state index in [1.165, 1.54) is 33.5 Å². The van der Waals surface area contributed by atoms with E-state index in [2.05, 4.69) is 34.2 Å². The zero-order valence-electron chi connectivity index (χ0n) is 10.0. The van der Waals surface area contributed by atoms with Crippen molar-refractivity contribution in [2.75, 3.05) is 26.8 Å². The van der Waals surface area contributed by atoms with Crippen LogP contribution in [0.15, 0.2) is 10.5 Å². The molecule has 0 unspecified atom stereocenters. The quantitative estimate of drug-likeness (QED) is 0.744. The van der Waals surface area contributed by atoms with Gasteiger partial charge in [-0.05, 0) is 54.7 Å². The van der Waals surface area contributed by atoms with Crippen molar-refractivity contribution >= 4 is 27.3 Å². The van der Waals surface area contributed by atoms with Gasteiger partial charge in [-0.15, -0.1) is 11.3 Å². The molecule has 0 amide bonds. The first-order chi connectivity index (χ1) is 7.74. The molecule has 0 aromatic carbocycles. The fraction of sp³-hybridized carbons (Fsp3) is 0.667. The fourth-order valence-electron chi connectivity index (χ4n) is 1.49. The van der Waals surface area contributed by atoms with E-state index in [0.717, 1.165) is 19.7 Å². The van der Waals surface area contributed by atoms with Crippen molar-refractivity contribution in [3.63, 3.8) is 0 Å². The summed E-state index contributed by atoms with van der Waals surface area (Å²) in [4.78, 5) is 2.87. The second-order valence-electron chi connectivity index (χ2n) is 3.82. The summed E-state index contributed by atoms with van der Waals surface area (Å²) in [5, 5.41) is 3.36. The van der Waals surface area contributed by atoms with Gasteiger partial charge in [0.05, 0.1) is 6.61 Å². The molecular formula is C12H20BrNOS. The molecule has 1 heterocycles. The zero-order valence-corrected chi connectivity index (χ0v) is 12.4. The molecule has 0 spiro atoms. The lowest BCUT2D eigenvalue weighted by atomic mass is 10.2. The van der Waals surface area contributed by atoms with Crippen LogP contribution < -0.4 is 5.32 Å². The van der Waals surface area contributed by atoms with Gasteiger partial charge in [0.2, 0.25) is 0 Å². The molecule has 4 heteroatoms. The normalized spacial score (nSPS) is 10.9. The van der Waals surface area contributed by atoms with E-state index in [-0.39, 0.29) is 0 Å². The Kier molecular flexibility index (Phi) is 7.28. The maximum atomic E-state index is 4.97. The number of nitrogens with one attached hydrogen (secondary N) is 1. The first-order valence-corrected chi connectivity index (χ1v) is 7.29. The second kappa shape index (κ2) is 8.23. The van der Waals surface area contributed by atoms with E-state index in [4.69, 9.17) is 4.74 Å². The number of rotatable bonds is 8. The number of thiophene rings is 1. The third kappa shape index (κ3) is 5.43. The van der Waals surface area contributed by atoms with Crippen LogP contribution in [-0.4, -0.2) is 26.8 Å². The molecular weight excluding hydrogens is 286 g/mol. The van der Waals surface area contributed by atoms with Crippen LogP contribution in [-0.2, 0) is 11.2 Å². The molecule has 0 aliphatic rings. The van der Waals surface area contributed by atoms with E-state index in [1.807, 2.05) is 11.3 Å². The second-order valence-corrected chi connectivity index (χ2v) is 6.01. The maximum absolute atomic E-state index is 4.97. The van der Waals surface area contributed by atoms with Gasteiger partial charge < -0.3 is 10.1 Å². The third-order valence-electron chi connectivity index (χ3n) is 2.42. The number of halogens is 1. The SMILES string of the molecule is COCCNCCCCc1cc(Br)c(C)s1. The van der Waals surface area contributed by atoms with Crippen LogP contribution in [0.4, 0.5) is 0 Å². The minimum atomic E-state index is 0.803. The number of ether oxygens (including phenoxy) is 1. The average Bonchev–Trinajstić information content (AvgIpc) is 2.57. The average molecular weight is 306 g/mol. The molecule has 1 rings (SSSR count). The van der Waals surface area contributed by atoms with E-state index >= 15 is 0 Å². The molecule has 16 heavy (non-hydrogen) atoms. The maximum Gasteiger partial charge on any atom is 0.0587 e. The summed E-state index contributed by atoms with van der Waals surface area (Å²) in [6.07, 6.45) is 3.69. The predicted octanol–water partition coefficient (Wildman–Crippen LogP) is 3.38. The van der Waals surface area contributed by atoms with E-state index in [1.54, 1.807) is 7.11 Å². The highest BCUT2D eigenvalue weighted by Crippen LogP contribution is 2.27. The predicted molar refractivity (Wildman–Crippen MR) is 74.4 cm³/mol. The first kappa shape index (κ1) is 14.2. The summed E-state index contributed by atoms with van der Waals surface area (Å²) in [6, 6.07) is 2.25. The summed E-state index contributed by atoms with van der Waals surface area (Å²) in [5.74, 6) is 0. The first-order valence-electron chi connectivity index (χ1n) is 5.68. The van der Waals surface area contributed by atoms with Crippen molar-refractivity contribution in [1.82, 2.24) is 5.32 Å². The summed E-state index contributed by atoms with van der Waals surface area (Å²) in [6.45, 7) is 5.01. The van der Waals surface area contributed by atoms with Crippen LogP contribution in [0.25, 0.3) is 0 Å². The van der Waals surface area contributed by atoms with Crippen LogP contribution in [0.2, 0.25) is 0 Å². The highest BCUT2D eigenvalue weighted by atomic mass is 79.9. The van der Waals surface area contributed by atoms with Gasteiger partial charge in [0.1, 0.15) is 0 Å². The molecule has 0 bridgehead atoms. The Morgan fingerprint density at radius 2 is 2.19 bits per heavy atom. The van der Waals surface area contributed by atoms with Gasteiger partial charge in [0, 0.05) is 27.9 Å². The van der Waals surface area contributed by atoms with Crippen molar-refractivity contribution in [3.05, 3.63) is 20.3 Å². The molecule has 1 N–H and O–H groups in total. The van der Waals surface area contributed by atoms with Gasteiger partial charge in [-0.3, -0.25) is 0 Å². The van der Waals surface area contributed by atoms with Crippen molar-refractivity contribution in [2.45, 2.75) is 26.2 Å². The van der Waals surface area contributed by atoms with E-state index in [9.17, 15) is 0 Å². The standard InChI is InChI=1S/C12H20BrNOS/c1-10-12(13)9-11(16-10)5-3-4-6-14-7-8-15-2/h9,14H,3-8H2,1-2H3. The number of hydrogen-bond acceptors (Lipinski definition) is 3. The Labute approximate surface area is 111 Å². The fourth-order valence-corrected chi connectivity index (χ4v) is 3.13. The largest absolute Gasteiger partial charge is 0.383 e. The molecule has 0 aliphatic carbocycles. The minimum Gasteiger partial charge on any atom is -0.383 e. The van der Waals surface area contributed by atoms with Crippen molar-refractivity contribution in [1.29, 1.82) is 0 Å². The number of hydrogen-bond donors (Lipinski definition) is 1. The number of methoxy groups -OCH3 is 1. The molecule has 0 saturated carbocycles. The van der Waals surface area contributed by atoms with Gasteiger partial charge in [-0.25, -0.2) is 0 Å². The van der Waals surface area contributed by atoms with Gasteiger partial charge in [-0.1, -0.05) is 0 Å². The van der Waals surface area contributed by atoms with Gasteiger partial charge in [-0.2, -0.15) is 0 Å². The van der Waals surface area contributed by atoms with Crippen molar-refractivity contribution in [3.8, 4) is 0 Å². The Balaban J connectivity index is 2.03. The van der Waals surface area contributed by atoms with E-state index in [0.29, 0.717) is 0 Å². The number of aryl methyl sites for hydroxylation is 2. The molecule has 2 nitrogen and oxygen atoms in total. The Morgan fingerprint density at radius 3 is 2.81 bits per heavy atom. The topological polar surface area (TPSA) is 21.3 Å². The Bertz CT molecular complexity index is 282. The Morgan fingerprint density at radius 1 is 1.38 bits per heavy atom. The number of unbranched alkanes of at least 4 members (excludes halogenated alkanes) is 1. The lowest BCUT2D eigenvalue weighted by molar-refractivity contribution is 0.199. The Hall–Kier alpha value is 0.1000. The van der Waals surface area contributed by atoms with Crippen LogP contribution in [0.3, 0.4) is 0 Å². The van der Waals surface area contributed by atoms with Crippen molar-refractivity contribution < 1.29 is 4.74 Å². The molecule has 1 aromatic heterocycles. The lowest BCUT2D eigenvalue weighted by Crippen LogP contribution is -2.20. The molecule has 0 aliphatic heterocycles. The summed E-state index contributed by atoms with van der Waals surface area (Å²) in [5.41, 5.74) is 0. The van der Waals surface area contributed by atoms with Crippen LogP contribution >= 0.6 is 27.3 Å². The molecule has 0 fully saturated rings. The van der Waals surface area contributed by atoms with Crippen LogP contribution in [0, 0.1) is 6.92 Å². The molecule has 1 aromatic rings. The van der Waals surface area contributed by atoms with E-state index < -0.39 is 0 Å². The van der Waals surface area contributed by atoms with Crippen LogP contribution in [0.1, 0.15) is 22.6 Å². The van der Waals surface area contributed by atoms with Gasteiger partial charge >= 0.3 is 0 Å². The highest BCUT2D eigenvalue weighted by Gasteiger charge is 2.02. The zero-order chi connectivity index (χ0) is 11.8. The van der Waals surface area contributed by atoms with Gasteiger partial charge in [0.15, 0.2) is 0 Å². The monoisotopic (exact) mass is 305 g/mol. The minimum absolute atomic E-state index is 0.803. The molecule has 92 valence electrons. The smallest absolute Gasteiger partial charge is 0.0587 e. The molecule has 0 radical (unpaired) electrons.